The zero-order valence-electron chi connectivity index (χ0n) is 14.4. The number of carbonyl (C=O) groups is 1. The lowest BCUT2D eigenvalue weighted by atomic mass is 10.0. The van der Waals surface area contributed by atoms with Crippen molar-refractivity contribution in [2.45, 2.75) is 25.7 Å². The largest absolute Gasteiger partial charge is 0.416 e. The Balaban J connectivity index is 1.67. The molecule has 1 heterocycles. The lowest BCUT2D eigenvalue weighted by molar-refractivity contribution is -0.137. The van der Waals surface area contributed by atoms with Gasteiger partial charge in [0.05, 0.1) is 24.3 Å². The molecular weight excluding hydrogens is 357 g/mol. The molecule has 3 aromatic rings. The Morgan fingerprint density at radius 3 is 2.59 bits per heavy atom. The van der Waals surface area contributed by atoms with Crippen molar-refractivity contribution in [1.29, 1.82) is 0 Å². The van der Waals surface area contributed by atoms with E-state index >= 15 is 0 Å². The van der Waals surface area contributed by atoms with E-state index in [4.69, 9.17) is 0 Å². The van der Waals surface area contributed by atoms with E-state index in [1.165, 1.54) is 23.0 Å². The van der Waals surface area contributed by atoms with Crippen LogP contribution in [0.15, 0.2) is 60.8 Å². The highest BCUT2D eigenvalue weighted by Crippen LogP contribution is 2.30. The maximum atomic E-state index is 12.8. The number of amides is 1. The first kappa shape index (κ1) is 18.6. The molecule has 2 aromatic carbocycles. The summed E-state index contributed by atoms with van der Waals surface area (Å²) in [6.45, 7) is 2.08. The summed E-state index contributed by atoms with van der Waals surface area (Å²) in [6, 6.07) is 13.8. The third kappa shape index (κ3) is 4.72. The standard InChI is InChI=1S/C19H17F3N4O/c1-13(15-8-5-9-16(10-15)19(20,21)22)23-18(27)17-12-26(25-24-17)11-14-6-3-2-4-7-14/h2-10,12-13H,11H2,1H3,(H,23,27). The van der Waals surface area contributed by atoms with Crippen molar-refractivity contribution >= 4 is 5.91 Å². The van der Waals surface area contributed by atoms with Crippen molar-refractivity contribution in [2.24, 2.45) is 0 Å². The quantitative estimate of drug-likeness (QED) is 0.738. The molecule has 5 nitrogen and oxygen atoms in total. The van der Waals surface area contributed by atoms with Gasteiger partial charge in [-0.2, -0.15) is 13.2 Å². The highest BCUT2D eigenvalue weighted by atomic mass is 19.4. The fourth-order valence-electron chi connectivity index (χ4n) is 2.59. The van der Waals surface area contributed by atoms with E-state index in [0.717, 1.165) is 17.7 Å². The molecular formula is C19H17F3N4O. The molecule has 1 aromatic heterocycles. The minimum Gasteiger partial charge on any atom is -0.344 e. The first-order valence-corrected chi connectivity index (χ1v) is 8.25. The van der Waals surface area contributed by atoms with E-state index in [0.29, 0.717) is 12.1 Å². The maximum Gasteiger partial charge on any atom is 0.416 e. The SMILES string of the molecule is CC(NC(=O)c1cn(Cc2ccccc2)nn1)c1cccc(C(F)(F)F)c1. The molecule has 0 spiro atoms. The van der Waals surface area contributed by atoms with Gasteiger partial charge in [-0.1, -0.05) is 47.7 Å². The van der Waals surface area contributed by atoms with Crippen LogP contribution in [0.2, 0.25) is 0 Å². The summed E-state index contributed by atoms with van der Waals surface area (Å²) in [6.07, 6.45) is -2.93. The van der Waals surface area contributed by atoms with Gasteiger partial charge in [0.2, 0.25) is 0 Å². The summed E-state index contributed by atoms with van der Waals surface area (Å²) in [7, 11) is 0. The van der Waals surface area contributed by atoms with Crippen molar-refractivity contribution in [3.63, 3.8) is 0 Å². The van der Waals surface area contributed by atoms with Crippen molar-refractivity contribution in [3.8, 4) is 0 Å². The average Bonchev–Trinajstić information content (AvgIpc) is 3.10. The molecule has 0 aliphatic heterocycles. The fraction of sp³-hybridized carbons (Fsp3) is 0.211. The predicted octanol–water partition coefficient (Wildman–Crippen LogP) is 3.84. The molecule has 140 valence electrons. The molecule has 1 amide bonds. The number of hydrogen-bond donors (Lipinski definition) is 1. The summed E-state index contributed by atoms with van der Waals surface area (Å²) in [5.41, 5.74) is 0.709. The van der Waals surface area contributed by atoms with Crippen LogP contribution in [0.25, 0.3) is 0 Å². The summed E-state index contributed by atoms with van der Waals surface area (Å²) in [4.78, 5) is 12.3. The Labute approximate surface area is 153 Å². The second kappa shape index (κ2) is 7.61. The smallest absolute Gasteiger partial charge is 0.344 e. The van der Waals surface area contributed by atoms with Crippen molar-refractivity contribution in [3.05, 3.63) is 83.2 Å². The number of nitrogens with zero attached hydrogens (tertiary/aromatic N) is 3. The van der Waals surface area contributed by atoms with Crippen LogP contribution >= 0.6 is 0 Å². The second-order valence-electron chi connectivity index (χ2n) is 6.11. The molecule has 27 heavy (non-hydrogen) atoms. The number of aromatic nitrogens is 3. The number of alkyl halides is 3. The topological polar surface area (TPSA) is 59.8 Å². The van der Waals surface area contributed by atoms with Crippen LogP contribution < -0.4 is 5.32 Å². The molecule has 0 radical (unpaired) electrons. The van der Waals surface area contributed by atoms with Crippen LogP contribution in [0.3, 0.4) is 0 Å². The van der Waals surface area contributed by atoms with Gasteiger partial charge in [-0.25, -0.2) is 4.68 Å². The van der Waals surface area contributed by atoms with Gasteiger partial charge >= 0.3 is 6.18 Å². The van der Waals surface area contributed by atoms with Crippen LogP contribution in [-0.2, 0) is 12.7 Å². The summed E-state index contributed by atoms with van der Waals surface area (Å²) in [5.74, 6) is -0.501. The van der Waals surface area contributed by atoms with E-state index in [1.54, 1.807) is 6.92 Å². The number of benzene rings is 2. The molecule has 3 rings (SSSR count). The number of nitrogens with one attached hydrogen (secondary N) is 1. The fourth-order valence-corrected chi connectivity index (χ4v) is 2.59. The van der Waals surface area contributed by atoms with E-state index in [9.17, 15) is 18.0 Å². The summed E-state index contributed by atoms with van der Waals surface area (Å²) >= 11 is 0. The maximum absolute atomic E-state index is 12.8. The van der Waals surface area contributed by atoms with Crippen molar-refractivity contribution in [1.82, 2.24) is 20.3 Å². The van der Waals surface area contributed by atoms with Gasteiger partial charge in [-0.15, -0.1) is 5.10 Å². The normalized spacial score (nSPS) is 12.6. The van der Waals surface area contributed by atoms with Gasteiger partial charge in [-0.3, -0.25) is 4.79 Å². The monoisotopic (exact) mass is 374 g/mol. The minimum absolute atomic E-state index is 0.102. The number of rotatable bonds is 5. The van der Waals surface area contributed by atoms with Gasteiger partial charge < -0.3 is 5.32 Å². The summed E-state index contributed by atoms with van der Waals surface area (Å²) in [5, 5.41) is 10.4. The van der Waals surface area contributed by atoms with Crippen molar-refractivity contribution < 1.29 is 18.0 Å². The molecule has 0 fully saturated rings. The molecule has 1 N–H and O–H groups in total. The highest BCUT2D eigenvalue weighted by Gasteiger charge is 2.30. The van der Waals surface area contributed by atoms with Crippen LogP contribution in [0.5, 0.6) is 0 Å². The minimum atomic E-state index is -4.43. The molecule has 1 atom stereocenters. The van der Waals surface area contributed by atoms with Crippen molar-refractivity contribution in [2.75, 3.05) is 0 Å². The Bertz CT molecular complexity index is 922. The van der Waals surface area contributed by atoms with E-state index in [1.807, 2.05) is 30.3 Å². The first-order chi connectivity index (χ1) is 12.8. The van der Waals surface area contributed by atoms with Crippen LogP contribution in [-0.4, -0.2) is 20.9 Å². The van der Waals surface area contributed by atoms with E-state index in [2.05, 4.69) is 15.6 Å². The van der Waals surface area contributed by atoms with E-state index < -0.39 is 23.7 Å². The first-order valence-electron chi connectivity index (χ1n) is 8.25. The zero-order chi connectivity index (χ0) is 19.4. The van der Waals surface area contributed by atoms with Gasteiger partial charge in [0.25, 0.3) is 5.91 Å². The Hall–Kier alpha value is -3.16. The third-order valence-electron chi connectivity index (χ3n) is 4.02. The zero-order valence-corrected chi connectivity index (χ0v) is 14.4. The van der Waals surface area contributed by atoms with Crippen LogP contribution in [0.4, 0.5) is 13.2 Å². The van der Waals surface area contributed by atoms with Gasteiger partial charge in [0, 0.05) is 0 Å². The van der Waals surface area contributed by atoms with Gasteiger partial charge in [0.1, 0.15) is 0 Å². The Kier molecular flexibility index (Phi) is 5.25. The second-order valence-corrected chi connectivity index (χ2v) is 6.11. The Morgan fingerprint density at radius 2 is 1.89 bits per heavy atom. The van der Waals surface area contributed by atoms with Gasteiger partial charge in [-0.05, 0) is 30.2 Å². The van der Waals surface area contributed by atoms with Crippen LogP contribution in [0.1, 0.15) is 40.1 Å². The lowest BCUT2D eigenvalue weighted by Crippen LogP contribution is -2.27. The predicted molar refractivity (Wildman–Crippen MR) is 92.9 cm³/mol. The Morgan fingerprint density at radius 1 is 1.15 bits per heavy atom. The molecule has 0 aliphatic rings. The molecule has 0 bridgehead atoms. The molecule has 8 heteroatoms. The molecule has 0 aliphatic carbocycles. The molecule has 1 unspecified atom stereocenters. The van der Waals surface area contributed by atoms with Gasteiger partial charge in [0.15, 0.2) is 5.69 Å². The molecule has 0 saturated heterocycles. The highest BCUT2D eigenvalue weighted by molar-refractivity contribution is 5.92. The average molecular weight is 374 g/mol. The molecule has 0 saturated carbocycles. The third-order valence-corrected chi connectivity index (χ3v) is 4.02. The number of carbonyl (C=O) groups excluding carboxylic acids is 1. The lowest BCUT2D eigenvalue weighted by Gasteiger charge is -2.15. The number of hydrogen-bond acceptors (Lipinski definition) is 3. The van der Waals surface area contributed by atoms with E-state index in [-0.39, 0.29) is 5.69 Å². The number of halogens is 3. The van der Waals surface area contributed by atoms with Crippen LogP contribution in [0, 0.1) is 0 Å². The summed E-state index contributed by atoms with van der Waals surface area (Å²) < 4.78 is 40.0.